The Hall–Kier alpha value is -2.75. The zero-order chi connectivity index (χ0) is 20.7. The Bertz CT molecular complexity index is 1030. The fourth-order valence-corrected chi connectivity index (χ4v) is 4.58. The van der Waals surface area contributed by atoms with Gasteiger partial charge in [0.05, 0.1) is 4.90 Å². The molecule has 0 bridgehead atoms. The third kappa shape index (κ3) is 5.63. The topological polar surface area (TPSA) is 105 Å². The summed E-state index contributed by atoms with van der Waals surface area (Å²) in [4.78, 5) is 17.4. The summed E-state index contributed by atoms with van der Waals surface area (Å²) in [6, 6.07) is 16.3. The van der Waals surface area contributed by atoms with Crippen molar-refractivity contribution in [3.8, 4) is 0 Å². The van der Waals surface area contributed by atoms with Crippen LogP contribution in [-0.2, 0) is 21.4 Å². The smallest absolute Gasteiger partial charge is 0.263 e. The zero-order valence-electron chi connectivity index (χ0n) is 15.7. The molecule has 154 valence electrons. The van der Waals surface area contributed by atoms with E-state index < -0.39 is 10.0 Å². The summed E-state index contributed by atoms with van der Waals surface area (Å²) in [7, 11) is -3.64. The molecule has 29 heavy (non-hydrogen) atoms. The first-order valence-electron chi connectivity index (χ1n) is 9.06. The fourth-order valence-electron chi connectivity index (χ4n) is 2.79. The second-order valence-electron chi connectivity index (χ2n) is 6.28. The number of aromatic nitrogens is 1. The van der Waals surface area contributed by atoms with Gasteiger partial charge in [-0.05, 0) is 36.2 Å². The van der Waals surface area contributed by atoms with Gasteiger partial charge in [-0.2, -0.15) is 0 Å². The zero-order valence-corrected chi connectivity index (χ0v) is 17.3. The van der Waals surface area contributed by atoms with E-state index in [0.717, 1.165) is 12.1 Å². The van der Waals surface area contributed by atoms with Gasteiger partial charge in [0.1, 0.15) is 0 Å². The monoisotopic (exact) mass is 432 g/mol. The number of thiazole rings is 1. The van der Waals surface area contributed by atoms with Crippen molar-refractivity contribution in [2.24, 2.45) is 5.73 Å². The highest BCUT2D eigenvalue weighted by molar-refractivity contribution is 7.93. The van der Waals surface area contributed by atoms with Crippen LogP contribution >= 0.6 is 11.3 Å². The lowest BCUT2D eigenvalue weighted by molar-refractivity contribution is -0.117. The Labute approximate surface area is 175 Å². The van der Waals surface area contributed by atoms with Gasteiger partial charge in [-0.15, -0.1) is 11.3 Å². The van der Waals surface area contributed by atoms with E-state index in [1.54, 1.807) is 22.4 Å². The van der Waals surface area contributed by atoms with E-state index >= 15 is 0 Å². The van der Waals surface area contributed by atoms with Crippen molar-refractivity contribution in [3.63, 3.8) is 0 Å². The Kier molecular flexibility index (Phi) is 6.97. The molecule has 1 amide bonds. The Balaban J connectivity index is 0.000000302. The molecule has 9 heteroatoms. The molecule has 4 rings (SSSR count). The quantitative estimate of drug-likeness (QED) is 0.642. The number of carbonyl (C=O) groups excluding carboxylic acids is 1. The average molecular weight is 433 g/mol. The van der Waals surface area contributed by atoms with Crippen molar-refractivity contribution in [2.75, 3.05) is 16.2 Å². The van der Waals surface area contributed by atoms with E-state index in [1.807, 2.05) is 30.3 Å². The van der Waals surface area contributed by atoms with Gasteiger partial charge in [0, 0.05) is 38.2 Å². The SMILES string of the molecule is NCc1ccccc1.O=C1CCCN1c1ccc(S(=O)(=O)Nc2nccs2)cc1.[HH]. The van der Waals surface area contributed by atoms with Gasteiger partial charge in [-0.3, -0.25) is 9.52 Å². The summed E-state index contributed by atoms with van der Waals surface area (Å²) in [5.41, 5.74) is 7.26. The number of amides is 1. The highest BCUT2D eigenvalue weighted by Crippen LogP contribution is 2.24. The van der Waals surface area contributed by atoms with Gasteiger partial charge in [-0.25, -0.2) is 13.4 Å². The molecule has 1 aliphatic heterocycles. The predicted molar refractivity (Wildman–Crippen MR) is 117 cm³/mol. The fraction of sp³-hybridized carbons (Fsp3) is 0.200. The van der Waals surface area contributed by atoms with E-state index in [9.17, 15) is 13.2 Å². The molecule has 1 fully saturated rings. The molecule has 3 aromatic rings. The molecular weight excluding hydrogens is 408 g/mol. The van der Waals surface area contributed by atoms with E-state index in [-0.39, 0.29) is 12.2 Å². The van der Waals surface area contributed by atoms with Crippen LogP contribution in [0.3, 0.4) is 0 Å². The van der Waals surface area contributed by atoms with Gasteiger partial charge >= 0.3 is 0 Å². The van der Waals surface area contributed by atoms with Crippen molar-refractivity contribution >= 4 is 38.1 Å². The molecular formula is C20H24N4O3S2. The van der Waals surface area contributed by atoms with E-state index in [2.05, 4.69) is 9.71 Å². The van der Waals surface area contributed by atoms with Crippen LogP contribution in [0.15, 0.2) is 71.1 Å². The lowest BCUT2D eigenvalue weighted by Gasteiger charge is -2.16. The standard InChI is InChI=1S/C13H13N3O3S2.C7H9N.H2/c17-12-2-1-8-16(12)10-3-5-11(6-4-10)21(18,19)15-13-14-7-9-20-13;8-6-7-4-2-1-3-5-7;/h3-7,9H,1-2,8H2,(H,14,15);1-5H,6,8H2;1H. The second-order valence-corrected chi connectivity index (χ2v) is 8.85. The number of rotatable bonds is 5. The molecule has 0 saturated carbocycles. The van der Waals surface area contributed by atoms with Gasteiger partial charge in [-0.1, -0.05) is 30.3 Å². The average Bonchev–Trinajstić information content (AvgIpc) is 3.40. The van der Waals surface area contributed by atoms with Crippen molar-refractivity contribution in [2.45, 2.75) is 24.3 Å². The van der Waals surface area contributed by atoms with Crippen LogP contribution in [0.5, 0.6) is 0 Å². The summed E-state index contributed by atoms with van der Waals surface area (Å²) in [6.45, 7) is 1.32. The summed E-state index contributed by atoms with van der Waals surface area (Å²) in [5, 5.41) is 2.02. The normalized spacial score (nSPS) is 13.7. The number of anilines is 2. The summed E-state index contributed by atoms with van der Waals surface area (Å²) in [6.07, 6.45) is 2.92. The van der Waals surface area contributed by atoms with Gasteiger partial charge < -0.3 is 10.6 Å². The maximum atomic E-state index is 12.2. The summed E-state index contributed by atoms with van der Waals surface area (Å²) < 4.78 is 26.8. The maximum absolute atomic E-state index is 12.2. The molecule has 0 radical (unpaired) electrons. The second kappa shape index (κ2) is 9.64. The molecule has 2 aromatic carbocycles. The number of nitrogens with one attached hydrogen (secondary N) is 1. The molecule has 2 heterocycles. The molecule has 1 saturated heterocycles. The first-order chi connectivity index (χ1) is 14.0. The van der Waals surface area contributed by atoms with Crippen LogP contribution in [0.1, 0.15) is 19.8 Å². The minimum atomic E-state index is -3.64. The molecule has 0 unspecified atom stereocenters. The first-order valence-corrected chi connectivity index (χ1v) is 11.4. The molecule has 0 spiro atoms. The van der Waals surface area contributed by atoms with Crippen molar-refractivity contribution in [1.82, 2.24) is 4.98 Å². The Morgan fingerprint density at radius 3 is 2.38 bits per heavy atom. The van der Waals surface area contributed by atoms with Crippen LogP contribution in [-0.4, -0.2) is 25.9 Å². The third-order valence-corrected chi connectivity index (χ3v) is 6.44. The van der Waals surface area contributed by atoms with Crippen molar-refractivity contribution in [1.29, 1.82) is 0 Å². The van der Waals surface area contributed by atoms with Crippen LogP contribution in [0.25, 0.3) is 0 Å². The minimum Gasteiger partial charge on any atom is -0.326 e. The number of hydrogen-bond donors (Lipinski definition) is 2. The summed E-state index contributed by atoms with van der Waals surface area (Å²) >= 11 is 1.21. The molecule has 1 aliphatic rings. The molecule has 0 aliphatic carbocycles. The molecule has 1 aromatic heterocycles. The van der Waals surface area contributed by atoms with Crippen molar-refractivity contribution in [3.05, 3.63) is 71.7 Å². The molecule has 3 N–H and O–H groups in total. The third-order valence-electron chi connectivity index (χ3n) is 4.26. The molecule has 7 nitrogen and oxygen atoms in total. The number of carbonyl (C=O) groups is 1. The highest BCUT2D eigenvalue weighted by Gasteiger charge is 2.22. The van der Waals surface area contributed by atoms with Gasteiger partial charge in [0.2, 0.25) is 5.91 Å². The van der Waals surface area contributed by atoms with Gasteiger partial charge in [0.15, 0.2) is 5.13 Å². The lowest BCUT2D eigenvalue weighted by atomic mass is 10.2. The lowest BCUT2D eigenvalue weighted by Crippen LogP contribution is -2.23. The van der Waals surface area contributed by atoms with Crippen LogP contribution in [0, 0.1) is 0 Å². The number of hydrogen-bond acceptors (Lipinski definition) is 6. The Morgan fingerprint density at radius 1 is 1.14 bits per heavy atom. The minimum absolute atomic E-state index is 0. The van der Waals surface area contributed by atoms with Gasteiger partial charge in [0.25, 0.3) is 10.0 Å². The van der Waals surface area contributed by atoms with Crippen LogP contribution in [0.2, 0.25) is 0 Å². The number of nitrogens with zero attached hydrogens (tertiary/aromatic N) is 2. The first kappa shape index (κ1) is 21.0. The summed E-state index contributed by atoms with van der Waals surface area (Å²) in [5.74, 6) is 0.0755. The van der Waals surface area contributed by atoms with E-state index in [1.165, 1.54) is 35.2 Å². The van der Waals surface area contributed by atoms with E-state index in [4.69, 9.17) is 5.73 Å². The highest BCUT2D eigenvalue weighted by atomic mass is 32.2. The van der Waals surface area contributed by atoms with Crippen LogP contribution in [0.4, 0.5) is 10.8 Å². The van der Waals surface area contributed by atoms with Crippen LogP contribution < -0.4 is 15.4 Å². The van der Waals surface area contributed by atoms with E-state index in [0.29, 0.717) is 24.6 Å². The predicted octanol–water partition coefficient (Wildman–Crippen LogP) is 3.46. The largest absolute Gasteiger partial charge is 0.326 e. The van der Waals surface area contributed by atoms with Crippen molar-refractivity contribution < 1.29 is 14.6 Å². The maximum Gasteiger partial charge on any atom is 0.263 e. The number of benzene rings is 2. The number of sulfonamides is 1. The molecule has 0 atom stereocenters. The number of nitrogens with two attached hydrogens (primary N) is 1. The Morgan fingerprint density at radius 2 is 1.86 bits per heavy atom.